The molecular weight excluding hydrogens is 264 g/mol. The van der Waals surface area contributed by atoms with Crippen LogP contribution in [0.1, 0.15) is 21.5 Å². The molecule has 110 valence electrons. The van der Waals surface area contributed by atoms with E-state index in [1.165, 1.54) is 0 Å². The molecule has 0 fully saturated rings. The Labute approximate surface area is 125 Å². The highest BCUT2D eigenvalue weighted by Gasteiger charge is 2.10. The number of para-hydroxylation sites is 1. The maximum absolute atomic E-state index is 12.4. The van der Waals surface area contributed by atoms with Crippen molar-refractivity contribution in [3.8, 4) is 5.75 Å². The van der Waals surface area contributed by atoms with Crippen LogP contribution in [0.25, 0.3) is 0 Å². The lowest BCUT2D eigenvalue weighted by molar-refractivity contribution is 0.102. The first kappa shape index (κ1) is 15.1. The van der Waals surface area contributed by atoms with Crippen molar-refractivity contribution in [3.05, 3.63) is 59.2 Å². The number of hydrogen-bond acceptors (Lipinski definition) is 3. The molecule has 0 bridgehead atoms. The third-order valence-electron chi connectivity index (χ3n) is 3.30. The van der Waals surface area contributed by atoms with Crippen LogP contribution in [-0.2, 0) is 6.54 Å². The van der Waals surface area contributed by atoms with Crippen LogP contribution in [-0.4, -0.2) is 20.1 Å². The molecule has 0 spiro atoms. The molecule has 4 heteroatoms. The number of aryl methyl sites for hydroxylation is 1. The predicted molar refractivity (Wildman–Crippen MR) is 84.9 cm³/mol. The van der Waals surface area contributed by atoms with E-state index in [0.29, 0.717) is 17.9 Å². The molecule has 0 heterocycles. The van der Waals surface area contributed by atoms with Crippen LogP contribution in [0.2, 0.25) is 0 Å². The highest BCUT2D eigenvalue weighted by atomic mass is 16.5. The van der Waals surface area contributed by atoms with E-state index >= 15 is 0 Å². The van der Waals surface area contributed by atoms with Gasteiger partial charge < -0.3 is 15.4 Å². The van der Waals surface area contributed by atoms with Gasteiger partial charge in [0, 0.05) is 17.8 Å². The van der Waals surface area contributed by atoms with Crippen molar-refractivity contribution in [1.29, 1.82) is 0 Å². The molecule has 0 unspecified atom stereocenters. The van der Waals surface area contributed by atoms with Crippen LogP contribution in [0.4, 0.5) is 5.69 Å². The minimum Gasteiger partial charge on any atom is -0.496 e. The Morgan fingerprint density at radius 2 is 1.95 bits per heavy atom. The number of carbonyl (C=O) groups excluding carboxylic acids is 1. The average molecular weight is 284 g/mol. The molecule has 0 atom stereocenters. The second kappa shape index (κ2) is 6.90. The molecule has 1 amide bonds. The Hall–Kier alpha value is -2.33. The van der Waals surface area contributed by atoms with E-state index in [1.807, 2.05) is 44.3 Å². The molecule has 2 N–H and O–H groups in total. The largest absolute Gasteiger partial charge is 0.496 e. The maximum atomic E-state index is 12.4. The highest BCUT2D eigenvalue weighted by Crippen LogP contribution is 2.21. The summed E-state index contributed by atoms with van der Waals surface area (Å²) in [6, 6.07) is 13.2. The number of benzene rings is 2. The second-order valence-electron chi connectivity index (χ2n) is 4.83. The van der Waals surface area contributed by atoms with E-state index in [0.717, 1.165) is 16.8 Å². The van der Waals surface area contributed by atoms with Gasteiger partial charge in [-0.05, 0) is 43.3 Å². The number of hydrogen-bond donors (Lipinski definition) is 2. The number of carbonyl (C=O) groups is 1. The SMILES string of the molecule is CNCc1ccccc1NC(=O)c1ccc(C)c(OC)c1. The first-order valence-corrected chi connectivity index (χ1v) is 6.84. The molecule has 0 aliphatic heterocycles. The van der Waals surface area contributed by atoms with Gasteiger partial charge in [0.1, 0.15) is 5.75 Å². The summed E-state index contributed by atoms with van der Waals surface area (Å²) in [5, 5.41) is 6.04. The number of anilines is 1. The normalized spacial score (nSPS) is 10.2. The fourth-order valence-electron chi connectivity index (χ4n) is 2.14. The van der Waals surface area contributed by atoms with Gasteiger partial charge in [0.15, 0.2) is 0 Å². The number of ether oxygens (including phenoxy) is 1. The summed E-state index contributed by atoms with van der Waals surface area (Å²) in [5.74, 6) is 0.572. The second-order valence-corrected chi connectivity index (χ2v) is 4.83. The molecule has 0 saturated heterocycles. The van der Waals surface area contributed by atoms with Crippen LogP contribution in [0.5, 0.6) is 5.75 Å². The Balaban J connectivity index is 2.22. The van der Waals surface area contributed by atoms with E-state index < -0.39 is 0 Å². The zero-order valence-corrected chi connectivity index (χ0v) is 12.6. The Morgan fingerprint density at radius 3 is 2.67 bits per heavy atom. The van der Waals surface area contributed by atoms with Crippen LogP contribution in [0.15, 0.2) is 42.5 Å². The maximum Gasteiger partial charge on any atom is 0.255 e. The fraction of sp³-hybridized carbons (Fsp3) is 0.235. The smallest absolute Gasteiger partial charge is 0.255 e. The average Bonchev–Trinajstić information content (AvgIpc) is 2.50. The number of methoxy groups -OCH3 is 1. The summed E-state index contributed by atoms with van der Waals surface area (Å²) in [6.45, 7) is 2.65. The summed E-state index contributed by atoms with van der Waals surface area (Å²) in [4.78, 5) is 12.4. The predicted octanol–water partition coefficient (Wildman–Crippen LogP) is 2.98. The van der Waals surface area contributed by atoms with Gasteiger partial charge in [0.05, 0.1) is 7.11 Å². The van der Waals surface area contributed by atoms with Crippen LogP contribution in [0, 0.1) is 6.92 Å². The van der Waals surface area contributed by atoms with Crippen molar-refractivity contribution in [2.24, 2.45) is 0 Å². The molecule has 2 aromatic rings. The zero-order valence-electron chi connectivity index (χ0n) is 12.6. The molecule has 2 aromatic carbocycles. The van der Waals surface area contributed by atoms with E-state index in [9.17, 15) is 4.79 Å². The fourth-order valence-corrected chi connectivity index (χ4v) is 2.14. The van der Waals surface area contributed by atoms with Crippen molar-refractivity contribution in [3.63, 3.8) is 0 Å². The molecular formula is C17H20N2O2. The Bertz CT molecular complexity index is 638. The van der Waals surface area contributed by atoms with Gasteiger partial charge in [-0.15, -0.1) is 0 Å². The first-order valence-electron chi connectivity index (χ1n) is 6.84. The van der Waals surface area contributed by atoms with Crippen molar-refractivity contribution < 1.29 is 9.53 Å². The van der Waals surface area contributed by atoms with E-state index in [4.69, 9.17) is 4.74 Å². The van der Waals surface area contributed by atoms with Crippen molar-refractivity contribution in [2.75, 3.05) is 19.5 Å². The molecule has 0 aromatic heterocycles. The molecule has 2 rings (SSSR count). The number of rotatable bonds is 5. The molecule has 0 aliphatic carbocycles. The Morgan fingerprint density at radius 1 is 1.19 bits per heavy atom. The monoisotopic (exact) mass is 284 g/mol. The number of nitrogens with one attached hydrogen (secondary N) is 2. The van der Waals surface area contributed by atoms with Gasteiger partial charge in [-0.2, -0.15) is 0 Å². The van der Waals surface area contributed by atoms with Crippen LogP contribution < -0.4 is 15.4 Å². The third kappa shape index (κ3) is 3.61. The van der Waals surface area contributed by atoms with E-state index in [-0.39, 0.29) is 5.91 Å². The molecule has 0 radical (unpaired) electrons. The zero-order chi connectivity index (χ0) is 15.2. The summed E-state index contributed by atoms with van der Waals surface area (Å²) in [6.07, 6.45) is 0. The molecule has 0 saturated carbocycles. The van der Waals surface area contributed by atoms with Gasteiger partial charge in [-0.25, -0.2) is 0 Å². The van der Waals surface area contributed by atoms with Crippen molar-refractivity contribution >= 4 is 11.6 Å². The lowest BCUT2D eigenvalue weighted by atomic mass is 10.1. The lowest BCUT2D eigenvalue weighted by Crippen LogP contribution is -2.15. The summed E-state index contributed by atoms with van der Waals surface area (Å²) in [7, 11) is 3.48. The van der Waals surface area contributed by atoms with Crippen molar-refractivity contribution in [1.82, 2.24) is 5.32 Å². The minimum atomic E-state index is -0.142. The minimum absolute atomic E-state index is 0.142. The van der Waals surface area contributed by atoms with Gasteiger partial charge >= 0.3 is 0 Å². The summed E-state index contributed by atoms with van der Waals surface area (Å²) >= 11 is 0. The van der Waals surface area contributed by atoms with E-state index in [2.05, 4.69) is 10.6 Å². The van der Waals surface area contributed by atoms with Crippen LogP contribution in [0.3, 0.4) is 0 Å². The lowest BCUT2D eigenvalue weighted by Gasteiger charge is -2.12. The highest BCUT2D eigenvalue weighted by molar-refractivity contribution is 6.05. The van der Waals surface area contributed by atoms with Gasteiger partial charge in [-0.3, -0.25) is 4.79 Å². The first-order chi connectivity index (χ1) is 10.2. The van der Waals surface area contributed by atoms with Gasteiger partial charge in [-0.1, -0.05) is 24.3 Å². The van der Waals surface area contributed by atoms with Gasteiger partial charge in [0.2, 0.25) is 0 Å². The summed E-state index contributed by atoms with van der Waals surface area (Å²) in [5.41, 5.74) is 3.45. The van der Waals surface area contributed by atoms with Gasteiger partial charge in [0.25, 0.3) is 5.91 Å². The molecule has 0 aliphatic rings. The summed E-state index contributed by atoms with van der Waals surface area (Å²) < 4.78 is 5.26. The number of amides is 1. The Kier molecular flexibility index (Phi) is 4.95. The van der Waals surface area contributed by atoms with Crippen LogP contribution >= 0.6 is 0 Å². The van der Waals surface area contributed by atoms with Crippen molar-refractivity contribution in [2.45, 2.75) is 13.5 Å². The standard InChI is InChI=1S/C17H20N2O2/c1-12-8-9-13(10-16(12)21-3)17(20)19-15-7-5-4-6-14(15)11-18-2/h4-10,18H,11H2,1-3H3,(H,19,20). The molecule has 4 nitrogen and oxygen atoms in total. The quantitative estimate of drug-likeness (QED) is 0.887. The molecule has 21 heavy (non-hydrogen) atoms. The topological polar surface area (TPSA) is 50.4 Å². The third-order valence-corrected chi connectivity index (χ3v) is 3.30. The van der Waals surface area contributed by atoms with E-state index in [1.54, 1.807) is 19.2 Å².